The van der Waals surface area contributed by atoms with Crippen LogP contribution in [0.1, 0.15) is 25.7 Å². The van der Waals surface area contributed by atoms with Crippen molar-refractivity contribution in [2.24, 2.45) is 5.73 Å². The molecule has 1 aliphatic carbocycles. The fraction of sp³-hybridized carbons (Fsp3) is 1.00. The highest BCUT2D eigenvalue weighted by Crippen LogP contribution is 2.48. The molecule has 1 unspecified atom stereocenters. The summed E-state index contributed by atoms with van der Waals surface area (Å²) in [5.74, 6) is 0.620. The number of hydrogen-bond acceptors (Lipinski definition) is 34. The highest BCUT2D eigenvalue weighted by atomic mass is 32.1. The van der Waals surface area contributed by atoms with Gasteiger partial charge in [-0.1, -0.05) is 12.8 Å². The van der Waals surface area contributed by atoms with Crippen molar-refractivity contribution in [2.75, 3.05) is 45.4 Å². The van der Waals surface area contributed by atoms with E-state index in [0.29, 0.717) is 18.6 Å². The molecule has 36 heteroatoms. The summed E-state index contributed by atoms with van der Waals surface area (Å²) in [5.41, 5.74) is 6.27. The predicted octanol–water partition coefficient (Wildman–Crippen LogP) is -12.1. The Morgan fingerprint density at radius 3 is 1.32 bits per heavy atom. The summed E-state index contributed by atoms with van der Waals surface area (Å²) < 4.78 is 80.1. The van der Waals surface area contributed by atoms with Crippen molar-refractivity contribution in [3.05, 3.63) is 0 Å². The fourth-order valence-electron chi connectivity index (χ4n) is 9.57. The zero-order valence-corrected chi connectivity index (χ0v) is 43.2. The maximum atomic E-state index is 13.0. The lowest BCUT2D eigenvalue weighted by atomic mass is 9.84. The van der Waals surface area contributed by atoms with Crippen molar-refractivity contribution < 1.29 is 163 Å². The first kappa shape index (κ1) is 66.4. The number of aliphatic hydroxyl groups excluding tert-OH is 19. The monoisotopic (exact) mass is 1190 g/mol. The van der Waals surface area contributed by atoms with Crippen LogP contribution in [0.3, 0.4) is 0 Å². The van der Waals surface area contributed by atoms with Crippen molar-refractivity contribution >= 4 is 20.5 Å². The molecule has 0 spiro atoms. The average molecular weight is 1190 g/mol. The lowest BCUT2D eigenvalue weighted by Crippen LogP contribution is -2.69. The third-order valence-corrected chi connectivity index (χ3v) is 15.6. The van der Waals surface area contributed by atoms with E-state index in [2.05, 4.69) is 12.6 Å². The smallest absolute Gasteiger partial charge is 0.394 e. The standard InChI is InChI=1S/C42H76NO33PS/c43-17-22(52)33(15(10-47)70-38(17)73-34-29(59)25(55)26(56)30(60)35(34)76-77(63,64)66-5-3-1-2-4-6-78)72-40-32(62)24(54)21(51)16(71-40)11-65-41-36(27(57)19(49)13(8-45)68-41)75-42-37(28(58)20(50)14(9-46)69-42)74-39-31(61)23(53)18(48)12(7-44)67-39/h12-42,44-62,78H,1-11,43H2,(H,63,64)/t12-,13-,14-,15-,16-,17+,18-,19-,20-,21-,22+,23-,24-,25+,26+,27-,28-,29-,30-,31-,32-,33-,34+,35-,36-,37-,38-,39-,40-,41+,42-/m0/s1. The normalized spacial score (nSPS) is 49.3. The van der Waals surface area contributed by atoms with Gasteiger partial charge in [-0.15, -0.1) is 0 Å². The molecular weight excluding hydrogens is 1110 g/mol. The van der Waals surface area contributed by atoms with Gasteiger partial charge in [0.15, 0.2) is 31.5 Å². The maximum Gasteiger partial charge on any atom is 0.472 e. The van der Waals surface area contributed by atoms with Crippen LogP contribution >= 0.6 is 20.5 Å². The zero-order valence-electron chi connectivity index (χ0n) is 41.4. The molecule has 22 N–H and O–H groups in total. The number of ether oxygens (including phenoxy) is 10. The first-order chi connectivity index (χ1) is 36.9. The van der Waals surface area contributed by atoms with Crippen LogP contribution in [-0.4, -0.2) is 337 Å². The number of nitrogens with two attached hydrogens (primary N) is 1. The van der Waals surface area contributed by atoms with Gasteiger partial charge in [0.1, 0.15) is 153 Å². The minimum atomic E-state index is -5.10. The predicted molar refractivity (Wildman–Crippen MR) is 248 cm³/mol. The van der Waals surface area contributed by atoms with Crippen LogP contribution in [-0.2, 0) is 61.0 Å². The lowest BCUT2D eigenvalue weighted by Gasteiger charge is -2.49. The van der Waals surface area contributed by atoms with E-state index in [4.69, 9.17) is 62.1 Å². The van der Waals surface area contributed by atoms with E-state index in [0.717, 1.165) is 12.8 Å². The van der Waals surface area contributed by atoms with Crippen LogP contribution in [0.15, 0.2) is 0 Å². The minimum absolute atomic E-state index is 0.292. The van der Waals surface area contributed by atoms with E-state index < -0.39 is 231 Å². The number of phosphoric ester groups is 1. The second-order valence-corrected chi connectivity index (χ2v) is 21.5. The maximum absolute atomic E-state index is 13.0. The largest absolute Gasteiger partial charge is 0.472 e. The Morgan fingerprint density at radius 1 is 0.397 bits per heavy atom. The second kappa shape index (κ2) is 29.4. The Bertz CT molecular complexity index is 1850. The van der Waals surface area contributed by atoms with Gasteiger partial charge in [0, 0.05) is 0 Å². The molecule has 5 heterocycles. The Kier molecular flexibility index (Phi) is 25.0. The van der Waals surface area contributed by atoms with E-state index in [1.807, 2.05) is 0 Å². The molecule has 0 aromatic heterocycles. The van der Waals surface area contributed by atoms with Gasteiger partial charge in [0.05, 0.1) is 45.7 Å². The van der Waals surface area contributed by atoms with E-state index in [-0.39, 0.29) is 6.61 Å². The summed E-state index contributed by atoms with van der Waals surface area (Å²) in [6, 6.07) is -1.81. The average Bonchev–Trinajstić information content (AvgIpc) is 3.46. The molecule has 78 heavy (non-hydrogen) atoms. The van der Waals surface area contributed by atoms with Crippen LogP contribution in [0.2, 0.25) is 0 Å². The van der Waals surface area contributed by atoms with Gasteiger partial charge in [0.25, 0.3) is 0 Å². The molecule has 5 saturated heterocycles. The van der Waals surface area contributed by atoms with Gasteiger partial charge in [-0.3, -0.25) is 9.05 Å². The third-order valence-electron chi connectivity index (χ3n) is 14.3. The fourth-order valence-corrected chi connectivity index (χ4v) is 10.8. The molecule has 1 saturated carbocycles. The van der Waals surface area contributed by atoms with Gasteiger partial charge in [-0.25, -0.2) is 4.57 Å². The first-order valence-corrected chi connectivity index (χ1v) is 27.2. The number of thiol groups is 1. The Labute approximate surface area is 449 Å². The molecule has 0 radical (unpaired) electrons. The molecule has 6 aliphatic rings. The van der Waals surface area contributed by atoms with Crippen LogP contribution in [0.25, 0.3) is 0 Å². The summed E-state index contributed by atoms with van der Waals surface area (Å²) in [4.78, 5) is 10.5. The van der Waals surface area contributed by atoms with Crippen LogP contribution in [0, 0.1) is 0 Å². The summed E-state index contributed by atoms with van der Waals surface area (Å²) in [7, 11) is -5.10. The third kappa shape index (κ3) is 15.0. The lowest BCUT2D eigenvalue weighted by molar-refractivity contribution is -0.396. The summed E-state index contributed by atoms with van der Waals surface area (Å²) in [5, 5.41) is 203. The Balaban J connectivity index is 1.15. The SMILES string of the molecule is N[C@H]1[C@H](O[C@@H]2[C@@H](O)[C@H](O)[C@@H](O)[C@H](O)[C@@H]2OP(=O)(O)OCCCCCCS)O[C@@H](CO)[C@H](O[C@@H]2O[C@@H](CO[C@@H]3O[C@@H](CO)[C@H](O)[C@H](O)[C@@H]3O[C@@H]3O[C@@H](CO)[C@H](O)[C@H](O)[C@@H]3O[C@@H]3O[C@@H](CO)[C@H](O)[C@H](O)[C@@H]3O)[C@H](O)[C@H](O)[C@@H]2O)[C@@H]1O. The van der Waals surface area contributed by atoms with E-state index in [9.17, 15) is 106 Å². The quantitative estimate of drug-likeness (QED) is 0.0242. The molecule has 34 nitrogen and oxygen atoms in total. The highest BCUT2D eigenvalue weighted by Gasteiger charge is 2.58. The Hall–Kier alpha value is -0.740. The molecule has 458 valence electrons. The minimum Gasteiger partial charge on any atom is -0.394 e. The molecular formula is C42H76NO33PS. The van der Waals surface area contributed by atoms with Crippen molar-refractivity contribution in [1.29, 1.82) is 0 Å². The van der Waals surface area contributed by atoms with Crippen molar-refractivity contribution in [2.45, 2.75) is 216 Å². The van der Waals surface area contributed by atoms with Crippen LogP contribution < -0.4 is 5.73 Å². The Morgan fingerprint density at radius 2 is 0.782 bits per heavy atom. The topological polar surface area (TPSA) is 558 Å². The second-order valence-electron chi connectivity index (χ2n) is 19.6. The molecule has 32 atom stereocenters. The molecule has 6 fully saturated rings. The van der Waals surface area contributed by atoms with E-state index >= 15 is 0 Å². The number of rotatable bonds is 24. The van der Waals surface area contributed by atoms with Crippen molar-refractivity contribution in [3.8, 4) is 0 Å². The molecule has 6 rings (SSSR count). The van der Waals surface area contributed by atoms with Gasteiger partial charge in [-0.05, 0) is 18.6 Å². The molecule has 0 aromatic rings. The van der Waals surface area contributed by atoms with Gasteiger partial charge in [0.2, 0.25) is 0 Å². The summed E-state index contributed by atoms with van der Waals surface area (Å²) in [6.07, 6.45) is -57.5. The number of aliphatic hydroxyl groups is 19. The zero-order chi connectivity index (χ0) is 57.7. The van der Waals surface area contributed by atoms with Gasteiger partial charge < -0.3 is 155 Å². The van der Waals surface area contributed by atoms with Gasteiger partial charge in [-0.2, -0.15) is 12.6 Å². The van der Waals surface area contributed by atoms with Crippen LogP contribution in [0.5, 0.6) is 0 Å². The first-order valence-electron chi connectivity index (χ1n) is 25.0. The summed E-state index contributed by atoms with van der Waals surface area (Å²) in [6.45, 7) is -5.16. The van der Waals surface area contributed by atoms with E-state index in [1.54, 1.807) is 0 Å². The number of phosphoric acid groups is 1. The number of hydrogen-bond donors (Lipinski definition) is 22. The number of unbranched alkanes of at least 4 members (excludes halogenated alkanes) is 3. The van der Waals surface area contributed by atoms with E-state index in [1.165, 1.54) is 0 Å². The molecule has 5 aliphatic heterocycles. The summed E-state index contributed by atoms with van der Waals surface area (Å²) >= 11 is 4.12. The van der Waals surface area contributed by atoms with Crippen molar-refractivity contribution in [3.63, 3.8) is 0 Å². The highest BCUT2D eigenvalue weighted by molar-refractivity contribution is 7.80. The van der Waals surface area contributed by atoms with Crippen molar-refractivity contribution in [1.82, 2.24) is 0 Å². The molecule has 0 aromatic carbocycles. The molecule has 0 bridgehead atoms. The molecule has 0 amide bonds. The van der Waals surface area contributed by atoms with Crippen LogP contribution in [0.4, 0.5) is 0 Å². The van der Waals surface area contributed by atoms with Gasteiger partial charge >= 0.3 is 7.82 Å².